The topological polar surface area (TPSA) is 146 Å². The Morgan fingerprint density at radius 3 is 2.16 bits per heavy atom. The van der Waals surface area contributed by atoms with Gasteiger partial charge >= 0.3 is 18.1 Å². The largest absolute Gasteiger partial charge is 0.459 e. The van der Waals surface area contributed by atoms with Crippen LogP contribution in [0.5, 0.6) is 5.75 Å². The van der Waals surface area contributed by atoms with E-state index in [1.54, 1.807) is 80.8 Å². The SMILES string of the molecule is CN(C)C(=O)c1cc(CCCC(=O)Oc2ccc(-c3nnn(CC(=O)OCc4ccccc4)n3)cc2)ccc1NC(=O)c1ccccc1-c1ccc(C(F)(F)F)cc1. The molecule has 0 aliphatic carbocycles. The molecule has 0 radical (unpaired) electrons. The molecule has 0 aliphatic rings. The second-order valence-corrected chi connectivity index (χ2v) is 13.3. The number of hydrogen-bond acceptors (Lipinski definition) is 9. The summed E-state index contributed by atoms with van der Waals surface area (Å²) in [5.41, 5.74) is 2.92. The van der Waals surface area contributed by atoms with E-state index in [9.17, 15) is 32.3 Å². The second-order valence-electron chi connectivity index (χ2n) is 13.3. The van der Waals surface area contributed by atoms with Crippen LogP contribution in [-0.2, 0) is 40.1 Å². The Morgan fingerprint density at radius 2 is 1.45 bits per heavy atom. The second kappa shape index (κ2) is 18.2. The number of aromatic nitrogens is 4. The average Bonchev–Trinajstić information content (AvgIpc) is 3.69. The predicted molar refractivity (Wildman–Crippen MR) is 207 cm³/mol. The van der Waals surface area contributed by atoms with E-state index < -0.39 is 29.6 Å². The van der Waals surface area contributed by atoms with Crippen LogP contribution in [0.25, 0.3) is 22.5 Å². The molecule has 0 aliphatic heterocycles. The zero-order valence-corrected chi connectivity index (χ0v) is 31.4. The summed E-state index contributed by atoms with van der Waals surface area (Å²) in [6.07, 6.45) is -3.59. The van der Waals surface area contributed by atoms with E-state index >= 15 is 0 Å². The highest BCUT2D eigenvalue weighted by molar-refractivity contribution is 6.11. The first-order valence-electron chi connectivity index (χ1n) is 18.0. The van der Waals surface area contributed by atoms with Gasteiger partial charge in [-0.1, -0.05) is 66.7 Å². The highest BCUT2D eigenvalue weighted by atomic mass is 19.4. The zero-order valence-electron chi connectivity index (χ0n) is 31.4. The third-order valence-electron chi connectivity index (χ3n) is 8.82. The number of carbonyl (C=O) groups excluding carboxylic acids is 4. The van der Waals surface area contributed by atoms with Gasteiger partial charge in [0.2, 0.25) is 5.82 Å². The van der Waals surface area contributed by atoms with Crippen molar-refractivity contribution in [1.82, 2.24) is 25.1 Å². The molecule has 6 rings (SSSR count). The van der Waals surface area contributed by atoms with E-state index in [0.717, 1.165) is 28.1 Å². The number of carbonyl (C=O) groups is 4. The van der Waals surface area contributed by atoms with Crippen LogP contribution < -0.4 is 10.1 Å². The first-order valence-corrected chi connectivity index (χ1v) is 18.0. The quantitative estimate of drug-likeness (QED) is 0.0869. The minimum absolute atomic E-state index is 0.0776. The van der Waals surface area contributed by atoms with Crippen molar-refractivity contribution in [3.05, 3.63) is 149 Å². The molecular formula is C43H37F3N6O6. The summed E-state index contributed by atoms with van der Waals surface area (Å²) in [7, 11) is 3.16. The molecular weight excluding hydrogens is 754 g/mol. The molecule has 5 aromatic carbocycles. The van der Waals surface area contributed by atoms with E-state index in [0.29, 0.717) is 35.3 Å². The number of benzene rings is 5. The number of alkyl halides is 3. The fraction of sp³-hybridized carbons (Fsp3) is 0.186. The Morgan fingerprint density at radius 1 is 0.759 bits per heavy atom. The van der Waals surface area contributed by atoms with Crippen LogP contribution >= 0.6 is 0 Å². The van der Waals surface area contributed by atoms with Crippen molar-refractivity contribution < 1.29 is 41.8 Å². The van der Waals surface area contributed by atoms with Crippen LogP contribution in [0, 0.1) is 0 Å². The normalized spacial score (nSPS) is 11.1. The van der Waals surface area contributed by atoms with Gasteiger partial charge in [0, 0.05) is 31.6 Å². The molecule has 58 heavy (non-hydrogen) atoms. The molecule has 296 valence electrons. The Bertz CT molecular complexity index is 2400. The first-order chi connectivity index (χ1) is 27.8. The van der Waals surface area contributed by atoms with Crippen LogP contribution in [0.2, 0.25) is 0 Å². The molecule has 0 saturated carbocycles. The molecule has 0 unspecified atom stereocenters. The number of rotatable bonds is 14. The van der Waals surface area contributed by atoms with Crippen molar-refractivity contribution in [1.29, 1.82) is 0 Å². The molecule has 0 bridgehead atoms. The Labute approximate surface area is 331 Å². The van der Waals surface area contributed by atoms with Gasteiger partial charge in [0.05, 0.1) is 16.8 Å². The van der Waals surface area contributed by atoms with Gasteiger partial charge < -0.3 is 19.7 Å². The average molecular weight is 791 g/mol. The molecule has 1 N–H and O–H groups in total. The van der Waals surface area contributed by atoms with Gasteiger partial charge in [-0.05, 0) is 94.9 Å². The first kappa shape index (κ1) is 40.5. The number of aryl methyl sites for hydroxylation is 1. The smallest absolute Gasteiger partial charge is 0.416 e. The number of esters is 2. The van der Waals surface area contributed by atoms with Crippen molar-refractivity contribution in [2.45, 2.75) is 38.6 Å². The predicted octanol–water partition coefficient (Wildman–Crippen LogP) is 7.65. The van der Waals surface area contributed by atoms with Crippen LogP contribution in [0.3, 0.4) is 0 Å². The minimum atomic E-state index is -4.50. The minimum Gasteiger partial charge on any atom is -0.459 e. The third kappa shape index (κ3) is 10.6. The standard InChI is InChI=1S/C43H37F3N6O6/c1-51(2)42(56)36-25-28(15-24-37(36)47-41(55)35-13-7-6-12-34(35)30-16-20-32(21-17-30)43(44,45)46)11-8-14-38(53)58-33-22-18-31(19-23-33)40-48-50-52(49-40)26-39(54)57-27-29-9-4-3-5-10-29/h3-7,9-10,12-13,15-25H,8,11,14,26-27H2,1-2H3,(H,47,55). The van der Waals surface area contributed by atoms with Crippen molar-refractivity contribution >= 4 is 29.4 Å². The van der Waals surface area contributed by atoms with Crippen molar-refractivity contribution in [2.24, 2.45) is 0 Å². The number of ether oxygens (including phenoxy) is 2. The number of halogens is 3. The summed E-state index contributed by atoms with van der Waals surface area (Å²) in [6.45, 7) is -0.0803. The lowest BCUT2D eigenvalue weighted by atomic mass is 9.97. The van der Waals surface area contributed by atoms with E-state index in [4.69, 9.17) is 9.47 Å². The van der Waals surface area contributed by atoms with Gasteiger partial charge in [-0.15, -0.1) is 10.2 Å². The van der Waals surface area contributed by atoms with Gasteiger partial charge in [-0.25, -0.2) is 4.79 Å². The van der Waals surface area contributed by atoms with Gasteiger partial charge in [0.1, 0.15) is 12.4 Å². The lowest BCUT2D eigenvalue weighted by Gasteiger charge is -2.17. The maximum atomic E-state index is 13.6. The lowest BCUT2D eigenvalue weighted by Crippen LogP contribution is -2.24. The fourth-order valence-electron chi connectivity index (χ4n) is 5.85. The Balaban J connectivity index is 1.02. The fourth-order valence-corrected chi connectivity index (χ4v) is 5.85. The van der Waals surface area contributed by atoms with E-state index in [-0.39, 0.29) is 48.1 Å². The zero-order chi connectivity index (χ0) is 41.2. The van der Waals surface area contributed by atoms with E-state index in [2.05, 4.69) is 20.7 Å². The molecule has 0 spiro atoms. The maximum Gasteiger partial charge on any atom is 0.416 e. The number of nitrogens with zero attached hydrogens (tertiary/aromatic N) is 5. The highest BCUT2D eigenvalue weighted by Crippen LogP contribution is 2.32. The number of amides is 2. The monoisotopic (exact) mass is 790 g/mol. The number of anilines is 1. The van der Waals surface area contributed by atoms with Gasteiger partial charge in [0.25, 0.3) is 11.8 Å². The molecule has 0 fully saturated rings. The number of hydrogen-bond donors (Lipinski definition) is 1. The summed E-state index contributed by atoms with van der Waals surface area (Å²) >= 11 is 0. The van der Waals surface area contributed by atoms with Crippen molar-refractivity contribution in [3.8, 4) is 28.3 Å². The molecule has 2 amide bonds. The summed E-state index contributed by atoms with van der Waals surface area (Å²) in [5, 5.41) is 14.9. The van der Waals surface area contributed by atoms with Gasteiger partial charge in [-0.2, -0.15) is 18.0 Å². The summed E-state index contributed by atoms with van der Waals surface area (Å²) < 4.78 is 50.2. The van der Waals surface area contributed by atoms with Gasteiger partial charge in [0.15, 0.2) is 6.54 Å². The third-order valence-corrected chi connectivity index (χ3v) is 8.82. The lowest BCUT2D eigenvalue weighted by molar-refractivity contribution is -0.146. The van der Waals surface area contributed by atoms with Gasteiger partial charge in [-0.3, -0.25) is 14.4 Å². The van der Waals surface area contributed by atoms with E-state index in [1.165, 1.54) is 17.0 Å². The van der Waals surface area contributed by atoms with Crippen LogP contribution in [0.4, 0.5) is 18.9 Å². The molecule has 1 heterocycles. The summed E-state index contributed by atoms with van der Waals surface area (Å²) in [4.78, 5) is 54.2. The van der Waals surface area contributed by atoms with E-state index in [1.807, 2.05) is 30.3 Å². The molecule has 6 aromatic rings. The molecule has 0 atom stereocenters. The van der Waals surface area contributed by atoms with Crippen molar-refractivity contribution in [3.63, 3.8) is 0 Å². The van der Waals surface area contributed by atoms with Crippen LogP contribution in [-0.4, -0.2) is 63.0 Å². The van der Waals surface area contributed by atoms with Crippen LogP contribution in [0.1, 0.15) is 50.2 Å². The van der Waals surface area contributed by atoms with Crippen LogP contribution in [0.15, 0.2) is 121 Å². The maximum absolute atomic E-state index is 13.6. The summed E-state index contributed by atoms with van der Waals surface area (Å²) in [6, 6.07) is 31.8. The molecule has 0 saturated heterocycles. The molecule has 12 nitrogen and oxygen atoms in total. The summed E-state index contributed by atoms with van der Waals surface area (Å²) in [5.74, 6) is -1.31. The molecule has 1 aromatic heterocycles. The molecule has 15 heteroatoms. The number of tetrazole rings is 1. The Kier molecular flexibility index (Phi) is 12.7. The Hall–Kier alpha value is -7.16. The highest BCUT2D eigenvalue weighted by Gasteiger charge is 2.30. The number of nitrogens with one attached hydrogen (secondary N) is 1. The van der Waals surface area contributed by atoms with Crippen molar-refractivity contribution in [2.75, 3.05) is 19.4 Å².